The number of hydrazine groups is 1. The van der Waals surface area contributed by atoms with Gasteiger partial charge in [-0.2, -0.15) is 0 Å². The summed E-state index contributed by atoms with van der Waals surface area (Å²) >= 11 is 5.94. The lowest BCUT2D eigenvalue weighted by molar-refractivity contribution is -0.123. The minimum Gasteiger partial charge on any atom is -0.351 e. The third-order valence-electron chi connectivity index (χ3n) is 3.96. The minimum absolute atomic E-state index is 0.0734. The monoisotopic (exact) mass is 351 g/mol. The smallest absolute Gasteiger partial charge is 0.238 e. The number of carbonyl (C=O) groups excluding carboxylic acids is 1. The number of hydrogen-bond donors (Lipinski definition) is 3. The number of benzene rings is 2. The van der Waals surface area contributed by atoms with Crippen molar-refractivity contribution in [3.8, 4) is 0 Å². The standard InChI is InChI=1S/C17H16ClF2N3O/c18-14-7-13(20)6-3-11(14)9-21-17(24)16-8-15(22-23-16)10-1-4-12(19)5-2-10/h1-7,15-16,22-23H,8-9H2,(H,21,24). The normalized spacial score (nSPS) is 20.1. The SMILES string of the molecule is O=C(NCc1ccc(F)cc1Cl)C1CC(c2ccc(F)cc2)NN1. The second kappa shape index (κ2) is 7.25. The minimum atomic E-state index is -0.418. The molecule has 2 unspecified atom stereocenters. The molecule has 1 amide bonds. The average Bonchev–Trinajstić information content (AvgIpc) is 3.04. The van der Waals surface area contributed by atoms with Gasteiger partial charge in [0.1, 0.15) is 17.7 Å². The molecule has 0 saturated carbocycles. The molecule has 3 N–H and O–H groups in total. The number of rotatable bonds is 4. The Balaban J connectivity index is 1.55. The fraction of sp³-hybridized carbons (Fsp3) is 0.235. The topological polar surface area (TPSA) is 53.2 Å². The maximum Gasteiger partial charge on any atom is 0.238 e. The van der Waals surface area contributed by atoms with Crippen molar-refractivity contribution in [2.24, 2.45) is 0 Å². The van der Waals surface area contributed by atoms with E-state index in [4.69, 9.17) is 11.6 Å². The molecule has 0 bridgehead atoms. The molecule has 7 heteroatoms. The van der Waals surface area contributed by atoms with E-state index in [0.29, 0.717) is 12.0 Å². The highest BCUT2D eigenvalue weighted by Crippen LogP contribution is 2.23. The fourth-order valence-electron chi connectivity index (χ4n) is 2.61. The molecule has 1 heterocycles. The van der Waals surface area contributed by atoms with Crippen LogP contribution in [0, 0.1) is 11.6 Å². The van der Waals surface area contributed by atoms with E-state index >= 15 is 0 Å². The summed E-state index contributed by atoms with van der Waals surface area (Å²) in [6.45, 7) is 0.220. The maximum absolute atomic E-state index is 13.0. The third-order valence-corrected chi connectivity index (χ3v) is 4.31. The van der Waals surface area contributed by atoms with E-state index < -0.39 is 11.9 Å². The molecule has 1 fully saturated rings. The van der Waals surface area contributed by atoms with Crippen LogP contribution in [-0.2, 0) is 11.3 Å². The summed E-state index contributed by atoms with van der Waals surface area (Å²) in [5.41, 5.74) is 7.51. The van der Waals surface area contributed by atoms with Crippen LogP contribution in [0.2, 0.25) is 5.02 Å². The van der Waals surface area contributed by atoms with Crippen LogP contribution < -0.4 is 16.2 Å². The molecular formula is C17H16ClF2N3O. The van der Waals surface area contributed by atoms with E-state index in [0.717, 1.165) is 5.56 Å². The highest BCUT2D eigenvalue weighted by molar-refractivity contribution is 6.31. The van der Waals surface area contributed by atoms with Crippen molar-refractivity contribution in [3.63, 3.8) is 0 Å². The van der Waals surface area contributed by atoms with Gasteiger partial charge in [0.15, 0.2) is 0 Å². The fourth-order valence-corrected chi connectivity index (χ4v) is 2.85. The quantitative estimate of drug-likeness (QED) is 0.794. The lowest BCUT2D eigenvalue weighted by Crippen LogP contribution is -2.42. The van der Waals surface area contributed by atoms with Crippen molar-refractivity contribution in [1.29, 1.82) is 0 Å². The zero-order chi connectivity index (χ0) is 17.1. The Labute approximate surface area is 143 Å². The lowest BCUT2D eigenvalue weighted by Gasteiger charge is -2.11. The van der Waals surface area contributed by atoms with Gasteiger partial charge in [-0.1, -0.05) is 29.8 Å². The molecule has 2 aromatic carbocycles. The highest BCUT2D eigenvalue weighted by atomic mass is 35.5. The van der Waals surface area contributed by atoms with Crippen molar-refractivity contribution in [2.45, 2.75) is 25.0 Å². The Bertz CT molecular complexity index is 739. The van der Waals surface area contributed by atoms with Gasteiger partial charge in [-0.05, 0) is 41.8 Å². The van der Waals surface area contributed by atoms with Crippen molar-refractivity contribution >= 4 is 17.5 Å². The molecular weight excluding hydrogens is 336 g/mol. The molecule has 3 rings (SSSR count). The number of amides is 1. The summed E-state index contributed by atoms with van der Waals surface area (Å²) in [5, 5.41) is 3.05. The van der Waals surface area contributed by atoms with E-state index in [1.165, 1.54) is 24.3 Å². The van der Waals surface area contributed by atoms with Crippen molar-refractivity contribution in [3.05, 3.63) is 70.2 Å². The second-order valence-corrected chi connectivity index (χ2v) is 6.04. The molecule has 2 atom stereocenters. The third kappa shape index (κ3) is 3.90. The van der Waals surface area contributed by atoms with Gasteiger partial charge in [0.25, 0.3) is 0 Å². The number of hydrogen-bond acceptors (Lipinski definition) is 3. The molecule has 0 aromatic heterocycles. The van der Waals surface area contributed by atoms with Crippen LogP contribution in [0.15, 0.2) is 42.5 Å². The first kappa shape index (κ1) is 16.8. The van der Waals surface area contributed by atoms with Gasteiger partial charge in [0.05, 0.1) is 0 Å². The zero-order valence-corrected chi connectivity index (χ0v) is 13.4. The first-order chi connectivity index (χ1) is 11.5. The number of carbonyl (C=O) groups is 1. The van der Waals surface area contributed by atoms with E-state index in [2.05, 4.69) is 16.2 Å². The first-order valence-electron chi connectivity index (χ1n) is 7.51. The predicted molar refractivity (Wildman–Crippen MR) is 87.1 cm³/mol. The molecule has 2 aromatic rings. The van der Waals surface area contributed by atoms with Crippen LogP contribution >= 0.6 is 11.6 Å². The van der Waals surface area contributed by atoms with Gasteiger partial charge in [-0.15, -0.1) is 0 Å². The summed E-state index contributed by atoms with van der Waals surface area (Å²) in [5.74, 6) is -0.901. The molecule has 24 heavy (non-hydrogen) atoms. The zero-order valence-electron chi connectivity index (χ0n) is 12.7. The average molecular weight is 352 g/mol. The first-order valence-corrected chi connectivity index (χ1v) is 7.89. The number of halogens is 3. The van der Waals surface area contributed by atoms with E-state index in [-0.39, 0.29) is 29.3 Å². The summed E-state index contributed by atoms with van der Waals surface area (Å²) in [7, 11) is 0. The molecule has 126 valence electrons. The van der Waals surface area contributed by atoms with Crippen LogP contribution in [0.25, 0.3) is 0 Å². The van der Waals surface area contributed by atoms with Crippen LogP contribution in [0.1, 0.15) is 23.6 Å². The van der Waals surface area contributed by atoms with Crippen LogP contribution in [-0.4, -0.2) is 11.9 Å². The van der Waals surface area contributed by atoms with Crippen LogP contribution in [0.5, 0.6) is 0 Å². The Morgan fingerprint density at radius 1 is 1.12 bits per heavy atom. The van der Waals surface area contributed by atoms with Crippen molar-refractivity contribution < 1.29 is 13.6 Å². The molecule has 1 saturated heterocycles. The van der Waals surface area contributed by atoms with E-state index in [1.807, 2.05) is 0 Å². The van der Waals surface area contributed by atoms with Crippen LogP contribution in [0.3, 0.4) is 0 Å². The van der Waals surface area contributed by atoms with E-state index in [1.54, 1.807) is 18.2 Å². The Hall–Kier alpha value is -2.02. The van der Waals surface area contributed by atoms with Gasteiger partial charge >= 0.3 is 0 Å². The Kier molecular flexibility index (Phi) is 5.08. The van der Waals surface area contributed by atoms with Gasteiger partial charge in [-0.3, -0.25) is 4.79 Å². The van der Waals surface area contributed by atoms with Gasteiger partial charge in [-0.25, -0.2) is 19.6 Å². The van der Waals surface area contributed by atoms with Gasteiger partial charge < -0.3 is 5.32 Å². The van der Waals surface area contributed by atoms with E-state index in [9.17, 15) is 13.6 Å². The molecule has 0 radical (unpaired) electrons. The number of nitrogens with one attached hydrogen (secondary N) is 3. The van der Waals surface area contributed by atoms with Gasteiger partial charge in [0.2, 0.25) is 5.91 Å². The summed E-state index contributed by atoms with van der Waals surface area (Å²) in [6, 6.07) is 9.72. The summed E-state index contributed by atoms with van der Waals surface area (Å²) in [4.78, 5) is 12.2. The molecule has 0 aliphatic carbocycles. The van der Waals surface area contributed by atoms with Crippen LogP contribution in [0.4, 0.5) is 8.78 Å². The molecule has 1 aliphatic heterocycles. The lowest BCUT2D eigenvalue weighted by atomic mass is 10.0. The summed E-state index contributed by atoms with van der Waals surface area (Å²) < 4.78 is 26.0. The molecule has 0 spiro atoms. The predicted octanol–water partition coefficient (Wildman–Crippen LogP) is 2.84. The highest BCUT2D eigenvalue weighted by Gasteiger charge is 2.29. The molecule has 4 nitrogen and oxygen atoms in total. The Morgan fingerprint density at radius 2 is 1.83 bits per heavy atom. The summed E-state index contributed by atoms with van der Waals surface area (Å²) in [6.07, 6.45) is 0.536. The second-order valence-electron chi connectivity index (χ2n) is 5.63. The van der Waals surface area contributed by atoms with Crippen molar-refractivity contribution in [1.82, 2.24) is 16.2 Å². The van der Waals surface area contributed by atoms with Crippen molar-refractivity contribution in [2.75, 3.05) is 0 Å². The largest absolute Gasteiger partial charge is 0.351 e. The van der Waals surface area contributed by atoms with Gasteiger partial charge in [0, 0.05) is 17.6 Å². The Morgan fingerprint density at radius 3 is 2.54 bits per heavy atom. The maximum atomic E-state index is 13.0. The molecule has 1 aliphatic rings.